The molecular formula is C8H14N4S. The summed E-state index contributed by atoms with van der Waals surface area (Å²) in [5.74, 6) is 0. The number of nitrogens with two attached hydrogens (primary N) is 1. The Labute approximate surface area is 81.6 Å². The number of aryl methyl sites for hydroxylation is 1. The maximum atomic E-state index is 6.05. The number of hydrogen-bond donors (Lipinski definition) is 2. The van der Waals surface area contributed by atoms with Crippen molar-refractivity contribution >= 4 is 16.5 Å². The maximum absolute atomic E-state index is 6.05. The Morgan fingerprint density at radius 3 is 2.77 bits per heavy atom. The van der Waals surface area contributed by atoms with Gasteiger partial charge in [0.05, 0.1) is 0 Å². The fraction of sp³-hybridized carbons (Fsp3) is 0.750. The lowest BCUT2D eigenvalue weighted by atomic mass is 9.78. The van der Waals surface area contributed by atoms with Crippen LogP contribution in [0.2, 0.25) is 0 Å². The molecule has 0 spiro atoms. The summed E-state index contributed by atoms with van der Waals surface area (Å²) in [6.07, 6.45) is 3.50. The number of nitrogens with zero attached hydrogens (tertiary/aromatic N) is 2. The van der Waals surface area contributed by atoms with Crippen LogP contribution in [0.5, 0.6) is 0 Å². The van der Waals surface area contributed by atoms with Gasteiger partial charge < -0.3 is 11.1 Å². The average Bonchev–Trinajstić information content (AvgIpc) is 2.44. The van der Waals surface area contributed by atoms with Gasteiger partial charge in [0.1, 0.15) is 5.01 Å². The Morgan fingerprint density at radius 1 is 1.54 bits per heavy atom. The number of rotatable bonds is 3. The van der Waals surface area contributed by atoms with Crippen LogP contribution in [0, 0.1) is 6.92 Å². The first-order valence-electron chi connectivity index (χ1n) is 4.51. The molecule has 2 rings (SSSR count). The fourth-order valence-corrected chi connectivity index (χ4v) is 2.01. The Hall–Kier alpha value is -0.680. The molecule has 0 saturated heterocycles. The monoisotopic (exact) mass is 198 g/mol. The van der Waals surface area contributed by atoms with E-state index >= 15 is 0 Å². The van der Waals surface area contributed by atoms with Gasteiger partial charge in [0.25, 0.3) is 0 Å². The lowest BCUT2D eigenvalue weighted by Crippen LogP contribution is -2.51. The minimum atomic E-state index is 0.0135. The summed E-state index contributed by atoms with van der Waals surface area (Å²) in [6, 6.07) is 0. The first kappa shape index (κ1) is 8.90. The molecule has 0 unspecified atom stereocenters. The lowest BCUT2D eigenvalue weighted by Gasteiger charge is -2.37. The maximum Gasteiger partial charge on any atom is 0.205 e. The highest BCUT2D eigenvalue weighted by molar-refractivity contribution is 7.15. The Bertz CT molecular complexity index is 292. The van der Waals surface area contributed by atoms with Gasteiger partial charge in [-0.25, -0.2) is 0 Å². The van der Waals surface area contributed by atoms with Gasteiger partial charge in [0.15, 0.2) is 0 Å². The van der Waals surface area contributed by atoms with Crippen LogP contribution < -0.4 is 11.1 Å². The molecule has 72 valence electrons. The van der Waals surface area contributed by atoms with Crippen molar-refractivity contribution in [1.29, 1.82) is 0 Å². The van der Waals surface area contributed by atoms with E-state index in [1.54, 1.807) is 11.3 Å². The van der Waals surface area contributed by atoms with E-state index in [9.17, 15) is 0 Å². The summed E-state index contributed by atoms with van der Waals surface area (Å²) in [5, 5.41) is 13.0. The molecule has 1 aromatic rings. The van der Waals surface area contributed by atoms with Crippen molar-refractivity contribution in [1.82, 2.24) is 10.2 Å². The lowest BCUT2D eigenvalue weighted by molar-refractivity contribution is 0.265. The van der Waals surface area contributed by atoms with Crippen molar-refractivity contribution in [2.75, 3.05) is 11.9 Å². The van der Waals surface area contributed by atoms with Gasteiger partial charge in [-0.1, -0.05) is 11.3 Å². The molecule has 1 fully saturated rings. The molecule has 13 heavy (non-hydrogen) atoms. The van der Waals surface area contributed by atoms with Gasteiger partial charge in [-0.2, -0.15) is 0 Å². The summed E-state index contributed by atoms with van der Waals surface area (Å²) in [5.41, 5.74) is 6.06. The molecule has 0 radical (unpaired) electrons. The molecule has 1 heterocycles. The van der Waals surface area contributed by atoms with Crippen molar-refractivity contribution in [3.05, 3.63) is 5.01 Å². The number of anilines is 1. The molecule has 1 aliphatic rings. The largest absolute Gasteiger partial charge is 0.358 e. The minimum Gasteiger partial charge on any atom is -0.358 e. The Balaban J connectivity index is 1.85. The van der Waals surface area contributed by atoms with Crippen LogP contribution >= 0.6 is 11.3 Å². The summed E-state index contributed by atoms with van der Waals surface area (Å²) in [7, 11) is 0. The highest BCUT2D eigenvalue weighted by atomic mass is 32.1. The third-order valence-corrected chi connectivity index (χ3v) is 3.26. The van der Waals surface area contributed by atoms with E-state index in [1.807, 2.05) is 6.92 Å². The minimum absolute atomic E-state index is 0.0135. The van der Waals surface area contributed by atoms with E-state index in [4.69, 9.17) is 5.73 Å². The predicted octanol–water partition coefficient (Wildman–Crippen LogP) is 1.14. The molecule has 0 aliphatic heterocycles. The third kappa shape index (κ3) is 1.97. The smallest absolute Gasteiger partial charge is 0.205 e. The molecule has 5 heteroatoms. The van der Waals surface area contributed by atoms with Crippen LogP contribution in [-0.4, -0.2) is 22.3 Å². The molecule has 0 amide bonds. The van der Waals surface area contributed by atoms with Crippen LogP contribution in [-0.2, 0) is 0 Å². The first-order chi connectivity index (χ1) is 6.18. The standard InChI is InChI=1S/C8H14N4S/c1-6-11-12-7(13-6)10-5-8(9)3-2-4-8/h2-5,9H2,1H3,(H,10,12). The molecular weight excluding hydrogens is 184 g/mol. The van der Waals surface area contributed by atoms with Gasteiger partial charge >= 0.3 is 0 Å². The van der Waals surface area contributed by atoms with E-state index in [2.05, 4.69) is 15.5 Å². The zero-order valence-electron chi connectivity index (χ0n) is 7.71. The van der Waals surface area contributed by atoms with Crippen molar-refractivity contribution in [3.8, 4) is 0 Å². The number of hydrogen-bond acceptors (Lipinski definition) is 5. The van der Waals surface area contributed by atoms with E-state index in [1.165, 1.54) is 6.42 Å². The predicted molar refractivity (Wildman–Crippen MR) is 53.9 cm³/mol. The molecule has 0 aromatic carbocycles. The van der Waals surface area contributed by atoms with Crippen LogP contribution in [0.15, 0.2) is 0 Å². The summed E-state index contributed by atoms with van der Waals surface area (Å²) < 4.78 is 0. The van der Waals surface area contributed by atoms with Crippen molar-refractivity contribution in [2.45, 2.75) is 31.7 Å². The zero-order chi connectivity index (χ0) is 9.31. The van der Waals surface area contributed by atoms with Crippen molar-refractivity contribution < 1.29 is 0 Å². The fourth-order valence-electron chi connectivity index (χ4n) is 1.43. The SMILES string of the molecule is Cc1nnc(NCC2(N)CCC2)s1. The average molecular weight is 198 g/mol. The molecule has 3 N–H and O–H groups in total. The van der Waals surface area contributed by atoms with E-state index in [-0.39, 0.29) is 5.54 Å². The van der Waals surface area contributed by atoms with Gasteiger partial charge in [-0.15, -0.1) is 10.2 Å². The van der Waals surface area contributed by atoms with Crippen LogP contribution in [0.3, 0.4) is 0 Å². The highest BCUT2D eigenvalue weighted by Crippen LogP contribution is 2.29. The highest BCUT2D eigenvalue weighted by Gasteiger charge is 2.32. The van der Waals surface area contributed by atoms with E-state index < -0.39 is 0 Å². The molecule has 0 atom stereocenters. The van der Waals surface area contributed by atoms with Crippen LogP contribution in [0.25, 0.3) is 0 Å². The number of nitrogens with one attached hydrogen (secondary N) is 1. The van der Waals surface area contributed by atoms with Gasteiger partial charge in [-0.3, -0.25) is 0 Å². The van der Waals surface area contributed by atoms with E-state index in [0.717, 1.165) is 29.5 Å². The van der Waals surface area contributed by atoms with Crippen molar-refractivity contribution in [3.63, 3.8) is 0 Å². The topological polar surface area (TPSA) is 63.8 Å². The second-order valence-corrected chi connectivity index (χ2v) is 4.88. The molecule has 0 bridgehead atoms. The third-order valence-electron chi connectivity index (χ3n) is 2.47. The first-order valence-corrected chi connectivity index (χ1v) is 5.32. The van der Waals surface area contributed by atoms with Crippen molar-refractivity contribution in [2.24, 2.45) is 5.73 Å². The number of aromatic nitrogens is 2. The molecule has 1 aliphatic carbocycles. The van der Waals surface area contributed by atoms with E-state index in [0.29, 0.717) is 0 Å². The second-order valence-electron chi connectivity index (χ2n) is 3.70. The quantitative estimate of drug-likeness (QED) is 0.764. The normalized spacial score (nSPS) is 19.5. The summed E-state index contributed by atoms with van der Waals surface area (Å²) >= 11 is 1.57. The van der Waals surface area contributed by atoms with Crippen LogP contribution in [0.4, 0.5) is 5.13 Å². The Kier molecular flexibility index (Phi) is 2.21. The molecule has 4 nitrogen and oxygen atoms in total. The zero-order valence-corrected chi connectivity index (χ0v) is 8.52. The van der Waals surface area contributed by atoms with Gasteiger partial charge in [0, 0.05) is 12.1 Å². The molecule has 1 saturated carbocycles. The van der Waals surface area contributed by atoms with Gasteiger partial charge in [0.2, 0.25) is 5.13 Å². The van der Waals surface area contributed by atoms with Crippen LogP contribution in [0.1, 0.15) is 24.3 Å². The Morgan fingerprint density at radius 2 is 2.31 bits per heavy atom. The summed E-state index contributed by atoms with van der Waals surface area (Å²) in [4.78, 5) is 0. The summed E-state index contributed by atoms with van der Waals surface area (Å²) in [6.45, 7) is 2.77. The van der Waals surface area contributed by atoms with Gasteiger partial charge in [-0.05, 0) is 26.2 Å². The second kappa shape index (κ2) is 3.23. The molecule has 1 aromatic heterocycles.